The van der Waals surface area contributed by atoms with Crippen molar-refractivity contribution in [3.8, 4) is 0 Å². The van der Waals surface area contributed by atoms with E-state index in [1.54, 1.807) is 0 Å². The first-order valence-corrected chi connectivity index (χ1v) is 8.01. The van der Waals surface area contributed by atoms with E-state index in [2.05, 4.69) is 44.3 Å². The van der Waals surface area contributed by atoms with Gasteiger partial charge in [0, 0.05) is 6.04 Å². The molecule has 0 heterocycles. The van der Waals surface area contributed by atoms with Crippen LogP contribution >= 0.6 is 0 Å². The first kappa shape index (κ1) is 16.0. The van der Waals surface area contributed by atoms with Crippen molar-refractivity contribution in [1.29, 1.82) is 0 Å². The number of nitrogens with one attached hydrogen (secondary N) is 1. The fourth-order valence-corrected chi connectivity index (χ4v) is 3.19. The number of hydrogen-bond acceptors (Lipinski definition) is 2. The van der Waals surface area contributed by atoms with Crippen molar-refractivity contribution in [2.24, 2.45) is 11.1 Å². The van der Waals surface area contributed by atoms with E-state index in [-0.39, 0.29) is 23.3 Å². The maximum Gasteiger partial charge on any atom is 0.227 e. The molecule has 0 aliphatic heterocycles. The zero-order valence-corrected chi connectivity index (χ0v) is 13.5. The highest BCUT2D eigenvalue weighted by atomic mass is 16.1. The molecular weight excluding hydrogens is 260 g/mol. The van der Waals surface area contributed by atoms with Gasteiger partial charge in [0.2, 0.25) is 5.91 Å². The average Bonchev–Trinajstić information content (AvgIpc) is 2.45. The zero-order chi connectivity index (χ0) is 15.5. The molecule has 0 fully saturated rings. The molecular formula is C18H28N2O. The molecule has 0 saturated heterocycles. The van der Waals surface area contributed by atoms with Crippen LogP contribution in [0.1, 0.15) is 57.1 Å². The molecule has 3 heteroatoms. The molecule has 2 rings (SSSR count). The van der Waals surface area contributed by atoms with Gasteiger partial charge in [-0.15, -0.1) is 0 Å². The highest BCUT2D eigenvalue weighted by molar-refractivity contribution is 5.84. The van der Waals surface area contributed by atoms with Crippen LogP contribution in [0.4, 0.5) is 0 Å². The molecule has 2 atom stereocenters. The van der Waals surface area contributed by atoms with Crippen molar-refractivity contribution in [2.45, 2.75) is 58.4 Å². The van der Waals surface area contributed by atoms with E-state index in [1.165, 1.54) is 11.1 Å². The third-order valence-electron chi connectivity index (χ3n) is 4.50. The first-order valence-electron chi connectivity index (χ1n) is 8.01. The van der Waals surface area contributed by atoms with Crippen molar-refractivity contribution in [3.63, 3.8) is 0 Å². The maximum absolute atomic E-state index is 12.7. The Hall–Kier alpha value is -1.35. The predicted molar refractivity (Wildman–Crippen MR) is 87.2 cm³/mol. The molecule has 21 heavy (non-hydrogen) atoms. The van der Waals surface area contributed by atoms with Crippen molar-refractivity contribution in [3.05, 3.63) is 35.4 Å². The Labute approximate surface area is 128 Å². The Morgan fingerprint density at radius 1 is 1.38 bits per heavy atom. The van der Waals surface area contributed by atoms with E-state index < -0.39 is 0 Å². The van der Waals surface area contributed by atoms with Crippen molar-refractivity contribution in [2.75, 3.05) is 6.54 Å². The van der Waals surface area contributed by atoms with Crippen LogP contribution in [0.5, 0.6) is 0 Å². The van der Waals surface area contributed by atoms with Gasteiger partial charge < -0.3 is 11.1 Å². The van der Waals surface area contributed by atoms with Crippen LogP contribution in [0.2, 0.25) is 0 Å². The minimum absolute atomic E-state index is 0.00225. The second-order valence-corrected chi connectivity index (χ2v) is 7.15. The number of fused-ring (bicyclic) bond motifs is 1. The van der Waals surface area contributed by atoms with Crippen LogP contribution in [-0.2, 0) is 11.2 Å². The summed E-state index contributed by atoms with van der Waals surface area (Å²) in [6, 6.07) is 8.48. The molecule has 0 saturated carbocycles. The second kappa shape index (κ2) is 6.61. The Balaban J connectivity index is 2.14. The van der Waals surface area contributed by atoms with E-state index in [9.17, 15) is 4.79 Å². The maximum atomic E-state index is 12.7. The highest BCUT2D eigenvalue weighted by Crippen LogP contribution is 2.32. The lowest BCUT2D eigenvalue weighted by Gasteiger charge is -2.34. The van der Waals surface area contributed by atoms with Crippen LogP contribution in [0.15, 0.2) is 24.3 Å². The van der Waals surface area contributed by atoms with E-state index in [1.807, 2.05) is 6.07 Å². The Morgan fingerprint density at radius 2 is 2.10 bits per heavy atom. The molecule has 1 amide bonds. The van der Waals surface area contributed by atoms with Crippen LogP contribution in [0.3, 0.4) is 0 Å². The van der Waals surface area contributed by atoms with E-state index in [0.29, 0.717) is 6.54 Å². The summed E-state index contributed by atoms with van der Waals surface area (Å²) in [7, 11) is 0. The molecule has 2 unspecified atom stereocenters. The summed E-state index contributed by atoms with van der Waals surface area (Å²) in [5.74, 6) is 0.160. The summed E-state index contributed by atoms with van der Waals surface area (Å²) in [6.07, 6.45) is 3.95. The number of carbonyl (C=O) groups excluding carboxylic acids is 1. The van der Waals surface area contributed by atoms with Gasteiger partial charge in [0.1, 0.15) is 0 Å². The van der Waals surface area contributed by atoms with E-state index in [4.69, 9.17) is 5.73 Å². The van der Waals surface area contributed by atoms with Gasteiger partial charge in [-0.1, -0.05) is 45.0 Å². The number of benzene rings is 1. The SMILES string of the molecule is CC(C)(C)C(CCN)NC(=O)C1CCCc2ccccc21. The summed E-state index contributed by atoms with van der Waals surface area (Å²) in [6.45, 7) is 7.07. The van der Waals surface area contributed by atoms with Crippen LogP contribution in [-0.4, -0.2) is 18.5 Å². The predicted octanol–water partition coefficient (Wildman–Crippen LogP) is 2.99. The topological polar surface area (TPSA) is 55.1 Å². The number of hydrogen-bond donors (Lipinski definition) is 2. The largest absolute Gasteiger partial charge is 0.352 e. The summed E-state index contributed by atoms with van der Waals surface area (Å²) in [5, 5.41) is 3.25. The number of carbonyl (C=O) groups is 1. The van der Waals surface area contributed by atoms with Crippen molar-refractivity contribution >= 4 is 5.91 Å². The molecule has 3 nitrogen and oxygen atoms in total. The van der Waals surface area contributed by atoms with Gasteiger partial charge in [0.15, 0.2) is 0 Å². The quantitative estimate of drug-likeness (QED) is 0.895. The number of aryl methyl sites for hydroxylation is 1. The van der Waals surface area contributed by atoms with Gasteiger partial charge in [-0.2, -0.15) is 0 Å². The molecule has 3 N–H and O–H groups in total. The highest BCUT2D eigenvalue weighted by Gasteiger charge is 2.31. The van der Waals surface area contributed by atoms with Gasteiger partial charge in [0.25, 0.3) is 0 Å². The molecule has 0 radical (unpaired) electrons. The van der Waals surface area contributed by atoms with Gasteiger partial charge in [-0.05, 0) is 48.8 Å². The Morgan fingerprint density at radius 3 is 2.76 bits per heavy atom. The number of rotatable bonds is 4. The lowest BCUT2D eigenvalue weighted by molar-refractivity contribution is -0.124. The molecule has 1 aromatic rings. The van der Waals surface area contributed by atoms with E-state index in [0.717, 1.165) is 25.7 Å². The van der Waals surface area contributed by atoms with Gasteiger partial charge in [0.05, 0.1) is 5.92 Å². The smallest absolute Gasteiger partial charge is 0.227 e. The summed E-state index contributed by atoms with van der Waals surface area (Å²) >= 11 is 0. The van der Waals surface area contributed by atoms with Gasteiger partial charge in [-0.3, -0.25) is 4.79 Å². The molecule has 0 spiro atoms. The fourth-order valence-electron chi connectivity index (χ4n) is 3.19. The Kier molecular flexibility index (Phi) is 5.04. The molecule has 116 valence electrons. The minimum atomic E-state index is -0.00225. The number of nitrogens with two attached hydrogens (primary N) is 1. The lowest BCUT2D eigenvalue weighted by atomic mass is 9.80. The normalized spacial score (nSPS) is 19.7. The fraction of sp³-hybridized carbons (Fsp3) is 0.611. The van der Waals surface area contributed by atoms with Crippen LogP contribution in [0, 0.1) is 5.41 Å². The molecule has 0 bridgehead atoms. The van der Waals surface area contributed by atoms with Crippen LogP contribution < -0.4 is 11.1 Å². The second-order valence-electron chi connectivity index (χ2n) is 7.15. The third-order valence-corrected chi connectivity index (χ3v) is 4.50. The van der Waals surface area contributed by atoms with Crippen molar-refractivity contribution in [1.82, 2.24) is 5.32 Å². The summed E-state index contributed by atoms with van der Waals surface area (Å²) in [4.78, 5) is 12.7. The minimum Gasteiger partial charge on any atom is -0.352 e. The van der Waals surface area contributed by atoms with E-state index >= 15 is 0 Å². The standard InChI is InChI=1S/C18H28N2O/c1-18(2,3)16(11-12-19)20-17(21)15-10-6-8-13-7-4-5-9-14(13)15/h4-5,7,9,15-16H,6,8,10-12,19H2,1-3H3,(H,20,21). The first-order chi connectivity index (χ1) is 9.93. The number of amides is 1. The van der Waals surface area contributed by atoms with Crippen LogP contribution in [0.25, 0.3) is 0 Å². The summed E-state index contributed by atoms with van der Waals surface area (Å²) in [5.41, 5.74) is 8.28. The van der Waals surface area contributed by atoms with Gasteiger partial charge >= 0.3 is 0 Å². The molecule has 1 aromatic carbocycles. The lowest BCUT2D eigenvalue weighted by Crippen LogP contribution is -2.46. The third kappa shape index (κ3) is 3.85. The zero-order valence-electron chi connectivity index (χ0n) is 13.5. The average molecular weight is 288 g/mol. The molecule has 1 aliphatic carbocycles. The van der Waals surface area contributed by atoms with Crippen molar-refractivity contribution < 1.29 is 4.79 Å². The molecule has 1 aliphatic rings. The molecule has 0 aromatic heterocycles. The monoisotopic (exact) mass is 288 g/mol. The van der Waals surface area contributed by atoms with Gasteiger partial charge in [-0.25, -0.2) is 0 Å². The summed E-state index contributed by atoms with van der Waals surface area (Å²) < 4.78 is 0. The Bertz CT molecular complexity index is 490.